The molecule has 2 aromatic rings. The standard InChI is InChI=1S/C34H53N5O6S2/c1-33(2,3)38-30(42)27-17-23-14-10-11-15-24(23)18-39(27)19-28(41)26(16-22-12-8-7-9-13-22)36-31(43)29(34(4,5)47(6,44)45)37-32-35-25(20-40)21-46-32/h7-9,12-13,21,23-24,26-29,40-41H,10-11,14-20H2,1-6H3,(H,35,37)(H,36,43)(H,38,42). The Hall–Kier alpha value is -2.58. The van der Waals surface area contributed by atoms with Gasteiger partial charge in [-0.25, -0.2) is 13.4 Å². The number of likely N-dealkylation sites (tertiary alicyclic amines) is 1. The third-order valence-electron chi connectivity index (χ3n) is 9.71. The van der Waals surface area contributed by atoms with E-state index in [4.69, 9.17) is 0 Å². The summed E-state index contributed by atoms with van der Waals surface area (Å²) in [6.45, 7) is 9.41. The van der Waals surface area contributed by atoms with Gasteiger partial charge in [0.15, 0.2) is 15.0 Å². The lowest BCUT2D eigenvalue weighted by molar-refractivity contribution is -0.133. The first-order valence-corrected chi connectivity index (χ1v) is 19.4. The number of piperidine rings is 1. The van der Waals surface area contributed by atoms with Crippen molar-refractivity contribution in [2.24, 2.45) is 11.8 Å². The zero-order chi connectivity index (χ0) is 34.6. The van der Waals surface area contributed by atoms with Crippen LogP contribution in [0, 0.1) is 11.8 Å². The second-order valence-electron chi connectivity index (χ2n) is 14.9. The average molecular weight is 692 g/mol. The molecule has 262 valence electrons. The third-order valence-corrected chi connectivity index (χ3v) is 12.7. The number of aromatic nitrogens is 1. The predicted octanol–water partition coefficient (Wildman–Crippen LogP) is 3.12. The van der Waals surface area contributed by atoms with Crippen LogP contribution in [0.2, 0.25) is 0 Å². The topological polar surface area (TPSA) is 161 Å². The van der Waals surface area contributed by atoms with Crippen LogP contribution in [-0.2, 0) is 32.5 Å². The predicted molar refractivity (Wildman–Crippen MR) is 186 cm³/mol. The van der Waals surface area contributed by atoms with Gasteiger partial charge in [-0.2, -0.15) is 0 Å². The Balaban J connectivity index is 1.62. The van der Waals surface area contributed by atoms with E-state index in [-0.39, 0.29) is 19.1 Å². The van der Waals surface area contributed by atoms with Crippen LogP contribution in [0.3, 0.4) is 0 Å². The fraction of sp³-hybridized carbons (Fsp3) is 0.676. The summed E-state index contributed by atoms with van der Waals surface area (Å²) in [4.78, 5) is 34.1. The third kappa shape index (κ3) is 9.75. The summed E-state index contributed by atoms with van der Waals surface area (Å²) in [5.41, 5.74) is 0.889. The van der Waals surface area contributed by atoms with Crippen LogP contribution in [0.4, 0.5) is 5.13 Å². The van der Waals surface area contributed by atoms with Gasteiger partial charge in [0, 0.05) is 30.3 Å². The highest BCUT2D eigenvalue weighted by atomic mass is 32.2. The molecule has 47 heavy (non-hydrogen) atoms. The molecule has 2 aliphatic rings. The molecule has 1 aliphatic carbocycles. The second-order valence-corrected chi connectivity index (χ2v) is 18.3. The Labute approximate surface area is 283 Å². The first-order chi connectivity index (χ1) is 22.0. The number of aliphatic hydroxyl groups is 2. The van der Waals surface area contributed by atoms with Gasteiger partial charge in [-0.3, -0.25) is 14.5 Å². The van der Waals surface area contributed by atoms with E-state index in [9.17, 15) is 28.2 Å². The monoisotopic (exact) mass is 691 g/mol. The summed E-state index contributed by atoms with van der Waals surface area (Å²) < 4.78 is 24.4. The maximum atomic E-state index is 14.1. The molecule has 0 spiro atoms. The number of carbonyl (C=O) groups is 2. The van der Waals surface area contributed by atoms with Crippen molar-refractivity contribution >= 4 is 38.1 Å². The van der Waals surface area contributed by atoms with Gasteiger partial charge < -0.3 is 26.2 Å². The van der Waals surface area contributed by atoms with E-state index < -0.39 is 50.3 Å². The summed E-state index contributed by atoms with van der Waals surface area (Å²) in [7, 11) is -3.76. The van der Waals surface area contributed by atoms with Crippen LogP contribution in [0.15, 0.2) is 35.7 Å². The van der Waals surface area contributed by atoms with Crippen molar-refractivity contribution < 1.29 is 28.2 Å². The highest BCUT2D eigenvalue weighted by molar-refractivity contribution is 7.92. The molecule has 1 saturated carbocycles. The minimum atomic E-state index is -3.76. The highest BCUT2D eigenvalue weighted by Crippen LogP contribution is 2.39. The molecule has 0 bridgehead atoms. The molecule has 5 N–H and O–H groups in total. The van der Waals surface area contributed by atoms with Crippen LogP contribution in [0.1, 0.15) is 78.0 Å². The Kier molecular flexibility index (Phi) is 12.1. The molecule has 1 aromatic heterocycles. The number of thiazole rings is 1. The van der Waals surface area contributed by atoms with Crippen LogP contribution < -0.4 is 16.0 Å². The van der Waals surface area contributed by atoms with Gasteiger partial charge >= 0.3 is 0 Å². The molecule has 13 heteroatoms. The van der Waals surface area contributed by atoms with Crippen molar-refractivity contribution in [1.82, 2.24) is 20.5 Å². The first kappa shape index (κ1) is 37.2. The van der Waals surface area contributed by atoms with Crippen molar-refractivity contribution in [2.45, 2.75) is 114 Å². The molecule has 0 radical (unpaired) electrons. The van der Waals surface area contributed by atoms with E-state index in [1.54, 1.807) is 5.38 Å². The number of aliphatic hydroxyl groups excluding tert-OH is 2. The van der Waals surface area contributed by atoms with E-state index >= 15 is 0 Å². The molecule has 11 nitrogen and oxygen atoms in total. The Morgan fingerprint density at radius 1 is 1.09 bits per heavy atom. The van der Waals surface area contributed by atoms with Crippen LogP contribution >= 0.6 is 11.3 Å². The minimum Gasteiger partial charge on any atom is -0.390 e. The molecule has 6 atom stereocenters. The number of benzene rings is 1. The second kappa shape index (κ2) is 15.3. The maximum absolute atomic E-state index is 14.1. The number of amides is 2. The van der Waals surface area contributed by atoms with Gasteiger partial charge in [0.25, 0.3) is 0 Å². The normalized spacial score (nSPS) is 22.9. The molecule has 4 rings (SSSR count). The fourth-order valence-corrected chi connectivity index (χ4v) is 8.08. The van der Waals surface area contributed by atoms with Crippen LogP contribution in [0.5, 0.6) is 0 Å². The molecular formula is C34H53N5O6S2. The number of anilines is 1. The van der Waals surface area contributed by atoms with Gasteiger partial charge in [0.1, 0.15) is 6.04 Å². The maximum Gasteiger partial charge on any atom is 0.244 e. The average Bonchev–Trinajstić information content (AvgIpc) is 3.46. The molecule has 1 aliphatic heterocycles. The smallest absolute Gasteiger partial charge is 0.244 e. The van der Waals surface area contributed by atoms with Crippen molar-refractivity contribution in [1.29, 1.82) is 0 Å². The molecular weight excluding hydrogens is 639 g/mol. The van der Waals surface area contributed by atoms with Crippen LogP contribution in [0.25, 0.3) is 0 Å². The highest BCUT2D eigenvalue weighted by Gasteiger charge is 2.46. The molecule has 2 heterocycles. The summed E-state index contributed by atoms with van der Waals surface area (Å²) in [6.07, 6.45) is 5.58. The zero-order valence-corrected chi connectivity index (χ0v) is 30.2. The SMILES string of the molecule is CC(C)(C)NC(=O)C1CC2CCCCC2CN1CC(O)C(Cc1ccccc1)NC(=O)C(Nc1nc(CO)cs1)C(C)(C)S(C)(=O)=O. The van der Waals surface area contributed by atoms with E-state index in [1.165, 1.54) is 20.3 Å². The van der Waals surface area contributed by atoms with Gasteiger partial charge in [-0.15, -0.1) is 11.3 Å². The van der Waals surface area contributed by atoms with Crippen molar-refractivity contribution in [2.75, 3.05) is 24.7 Å². The van der Waals surface area contributed by atoms with Crippen molar-refractivity contribution in [3.05, 3.63) is 47.0 Å². The first-order valence-electron chi connectivity index (χ1n) is 16.6. The minimum absolute atomic E-state index is 0.0535. The summed E-state index contributed by atoms with van der Waals surface area (Å²) >= 11 is 1.16. The van der Waals surface area contributed by atoms with Gasteiger partial charge in [-0.05, 0) is 71.3 Å². The van der Waals surface area contributed by atoms with E-state index in [0.717, 1.165) is 48.8 Å². The fourth-order valence-electron chi connectivity index (χ4n) is 6.75. The number of hydrogen-bond acceptors (Lipinski definition) is 10. The van der Waals surface area contributed by atoms with Crippen LogP contribution in [-0.4, -0.2) is 94.2 Å². The van der Waals surface area contributed by atoms with Gasteiger partial charge in [0.05, 0.1) is 35.2 Å². The molecule has 1 aromatic carbocycles. The number of rotatable bonds is 13. The lowest BCUT2D eigenvalue weighted by Crippen LogP contribution is -2.62. The number of sulfone groups is 1. The quantitative estimate of drug-likeness (QED) is 0.213. The summed E-state index contributed by atoms with van der Waals surface area (Å²) in [5.74, 6) is 0.259. The number of β-amino-alcohol motifs (C(OH)–C–C–N with tert-alkyl or cyclic N) is 1. The summed E-state index contributed by atoms with van der Waals surface area (Å²) in [6, 6.07) is 7.05. The van der Waals surface area contributed by atoms with Gasteiger partial charge in [-0.1, -0.05) is 49.6 Å². The largest absolute Gasteiger partial charge is 0.390 e. The number of hydrogen-bond donors (Lipinski definition) is 5. The Bertz CT molecular complexity index is 1460. The zero-order valence-electron chi connectivity index (χ0n) is 28.5. The summed E-state index contributed by atoms with van der Waals surface area (Å²) in [5, 5.41) is 32.5. The van der Waals surface area contributed by atoms with E-state index in [1.807, 2.05) is 51.1 Å². The lowest BCUT2D eigenvalue weighted by atomic mass is 9.72. The van der Waals surface area contributed by atoms with Gasteiger partial charge in [0.2, 0.25) is 11.8 Å². The molecule has 2 fully saturated rings. The molecule has 2 amide bonds. The number of nitrogens with zero attached hydrogens (tertiary/aromatic N) is 2. The number of carbonyl (C=O) groups excluding carboxylic acids is 2. The Morgan fingerprint density at radius 3 is 2.34 bits per heavy atom. The van der Waals surface area contributed by atoms with E-state index in [2.05, 4.69) is 25.8 Å². The van der Waals surface area contributed by atoms with Crippen molar-refractivity contribution in [3.8, 4) is 0 Å². The number of fused-ring (bicyclic) bond motifs is 1. The molecule has 1 saturated heterocycles. The Morgan fingerprint density at radius 2 is 1.74 bits per heavy atom. The van der Waals surface area contributed by atoms with Crippen molar-refractivity contribution in [3.63, 3.8) is 0 Å². The number of nitrogens with one attached hydrogen (secondary N) is 3. The lowest BCUT2D eigenvalue weighted by Gasteiger charge is -2.47. The molecule has 6 unspecified atom stereocenters. The van der Waals surface area contributed by atoms with E-state index in [0.29, 0.717) is 35.6 Å².